The number of carbonyl (C=O) groups excluding carboxylic acids is 1. The summed E-state index contributed by atoms with van der Waals surface area (Å²) in [4.78, 5) is 23.3. The number of carboxylic acid groups (broad SMARTS) is 1. The van der Waals surface area contributed by atoms with E-state index in [0.29, 0.717) is 10.6 Å². The smallest absolute Gasteiger partial charge is 0.305 e. The SMILES string of the molecule is Cc1cc(C)n(CC(=O)N[C@H](CC(=O)O)c2ccccc2Cl)n1. The Balaban J connectivity index is 2.14. The Morgan fingerprint density at radius 2 is 2.04 bits per heavy atom. The van der Waals surface area contributed by atoms with Crippen molar-refractivity contribution in [3.63, 3.8) is 0 Å². The second-order valence-corrected chi connectivity index (χ2v) is 5.73. The number of nitrogens with zero attached hydrogens (tertiary/aromatic N) is 2. The number of aryl methyl sites for hydroxylation is 2. The normalized spacial score (nSPS) is 12.0. The van der Waals surface area contributed by atoms with E-state index in [-0.39, 0.29) is 18.9 Å². The molecule has 0 bridgehead atoms. The predicted octanol–water partition coefficient (Wildman–Crippen LogP) is 2.49. The summed E-state index contributed by atoms with van der Waals surface area (Å²) in [5, 5.41) is 16.4. The summed E-state index contributed by atoms with van der Waals surface area (Å²) >= 11 is 6.11. The number of carbonyl (C=O) groups is 2. The lowest BCUT2D eigenvalue weighted by Gasteiger charge is -2.19. The van der Waals surface area contributed by atoms with Gasteiger partial charge in [0.15, 0.2) is 0 Å². The van der Waals surface area contributed by atoms with Crippen molar-refractivity contribution < 1.29 is 14.7 Å². The Kier molecular flexibility index (Phi) is 5.39. The molecule has 0 fully saturated rings. The van der Waals surface area contributed by atoms with Crippen molar-refractivity contribution in [1.82, 2.24) is 15.1 Å². The summed E-state index contributed by atoms with van der Waals surface area (Å²) in [5.41, 5.74) is 2.27. The summed E-state index contributed by atoms with van der Waals surface area (Å²) in [6, 6.07) is 8.06. The minimum Gasteiger partial charge on any atom is -0.481 e. The van der Waals surface area contributed by atoms with E-state index >= 15 is 0 Å². The molecule has 0 aliphatic carbocycles. The molecule has 1 amide bonds. The van der Waals surface area contributed by atoms with Gasteiger partial charge in [0, 0.05) is 10.7 Å². The summed E-state index contributed by atoms with van der Waals surface area (Å²) in [6.45, 7) is 3.73. The molecule has 1 heterocycles. The fourth-order valence-corrected chi connectivity index (χ4v) is 2.65. The predicted molar refractivity (Wildman–Crippen MR) is 86.3 cm³/mol. The molecule has 0 saturated heterocycles. The maximum Gasteiger partial charge on any atom is 0.305 e. The van der Waals surface area contributed by atoms with Crippen LogP contribution in [0.4, 0.5) is 0 Å². The molecule has 1 aromatic heterocycles. The fourth-order valence-electron chi connectivity index (χ4n) is 2.38. The molecule has 0 saturated carbocycles. The highest BCUT2D eigenvalue weighted by Crippen LogP contribution is 2.25. The highest BCUT2D eigenvalue weighted by Gasteiger charge is 2.20. The molecule has 0 radical (unpaired) electrons. The number of hydrogen-bond donors (Lipinski definition) is 2. The molecule has 2 rings (SSSR count). The molecule has 0 unspecified atom stereocenters. The van der Waals surface area contributed by atoms with Gasteiger partial charge in [-0.2, -0.15) is 5.10 Å². The van der Waals surface area contributed by atoms with Crippen LogP contribution in [0.1, 0.15) is 29.4 Å². The Morgan fingerprint density at radius 1 is 1.35 bits per heavy atom. The van der Waals surface area contributed by atoms with Crippen molar-refractivity contribution in [3.8, 4) is 0 Å². The van der Waals surface area contributed by atoms with Crippen molar-refractivity contribution in [2.75, 3.05) is 0 Å². The lowest BCUT2D eigenvalue weighted by Crippen LogP contribution is -2.33. The maximum absolute atomic E-state index is 12.2. The van der Waals surface area contributed by atoms with Crippen molar-refractivity contribution >= 4 is 23.5 Å². The number of aromatic nitrogens is 2. The number of halogens is 1. The van der Waals surface area contributed by atoms with E-state index in [1.807, 2.05) is 19.9 Å². The molecule has 1 atom stereocenters. The first-order chi connectivity index (χ1) is 10.9. The number of amides is 1. The molecule has 122 valence electrons. The fraction of sp³-hybridized carbons (Fsp3) is 0.312. The van der Waals surface area contributed by atoms with Crippen LogP contribution in [0.15, 0.2) is 30.3 Å². The third-order valence-corrected chi connectivity index (χ3v) is 3.74. The lowest BCUT2D eigenvalue weighted by molar-refractivity contribution is -0.137. The van der Waals surface area contributed by atoms with Gasteiger partial charge in [0.05, 0.1) is 18.2 Å². The monoisotopic (exact) mass is 335 g/mol. The topological polar surface area (TPSA) is 84.2 Å². The Bertz CT molecular complexity index is 727. The van der Waals surface area contributed by atoms with Crippen molar-refractivity contribution in [3.05, 3.63) is 52.3 Å². The van der Waals surface area contributed by atoms with Crippen LogP contribution >= 0.6 is 11.6 Å². The van der Waals surface area contributed by atoms with E-state index in [0.717, 1.165) is 11.4 Å². The van der Waals surface area contributed by atoms with Gasteiger partial charge in [0.1, 0.15) is 6.54 Å². The molecule has 0 aliphatic rings. The van der Waals surface area contributed by atoms with Crippen LogP contribution in [0.25, 0.3) is 0 Å². The van der Waals surface area contributed by atoms with Crippen LogP contribution in [0.2, 0.25) is 5.02 Å². The van der Waals surface area contributed by atoms with Crippen LogP contribution < -0.4 is 5.32 Å². The molecule has 23 heavy (non-hydrogen) atoms. The summed E-state index contributed by atoms with van der Waals surface area (Å²) < 4.78 is 1.58. The molecule has 6 nitrogen and oxygen atoms in total. The molecule has 0 spiro atoms. The molecule has 0 aliphatic heterocycles. The zero-order chi connectivity index (χ0) is 17.0. The highest BCUT2D eigenvalue weighted by atomic mass is 35.5. The first kappa shape index (κ1) is 17.0. The number of nitrogens with one attached hydrogen (secondary N) is 1. The largest absolute Gasteiger partial charge is 0.481 e. The van der Waals surface area contributed by atoms with Gasteiger partial charge >= 0.3 is 5.97 Å². The molecular formula is C16H18ClN3O3. The quantitative estimate of drug-likeness (QED) is 0.849. The Labute approximate surface area is 139 Å². The van der Waals surface area contributed by atoms with Gasteiger partial charge in [-0.1, -0.05) is 29.8 Å². The summed E-state index contributed by atoms with van der Waals surface area (Å²) in [6.07, 6.45) is -0.243. The number of rotatable bonds is 6. The van der Waals surface area contributed by atoms with E-state index in [1.165, 1.54) is 0 Å². The van der Waals surface area contributed by atoms with Crippen LogP contribution in [-0.2, 0) is 16.1 Å². The maximum atomic E-state index is 12.2. The standard InChI is InChI=1S/C16H18ClN3O3/c1-10-7-11(2)20(19-10)9-15(21)18-14(8-16(22)23)12-5-3-4-6-13(12)17/h3-7,14H,8-9H2,1-2H3,(H,18,21)(H,22,23)/t14-/m1/s1. The highest BCUT2D eigenvalue weighted by molar-refractivity contribution is 6.31. The molecule has 7 heteroatoms. The summed E-state index contributed by atoms with van der Waals surface area (Å²) in [7, 11) is 0. The zero-order valence-electron chi connectivity index (χ0n) is 12.9. The third-order valence-electron chi connectivity index (χ3n) is 3.39. The minimum atomic E-state index is -1.01. The molecular weight excluding hydrogens is 318 g/mol. The zero-order valence-corrected chi connectivity index (χ0v) is 13.7. The van der Waals surface area contributed by atoms with Gasteiger partial charge in [-0.15, -0.1) is 0 Å². The third kappa shape index (κ3) is 4.56. The van der Waals surface area contributed by atoms with E-state index in [9.17, 15) is 9.59 Å². The van der Waals surface area contributed by atoms with Gasteiger partial charge in [-0.3, -0.25) is 14.3 Å². The van der Waals surface area contributed by atoms with Crippen LogP contribution in [-0.4, -0.2) is 26.8 Å². The van der Waals surface area contributed by atoms with E-state index in [4.69, 9.17) is 16.7 Å². The van der Waals surface area contributed by atoms with Crippen LogP contribution in [0, 0.1) is 13.8 Å². The van der Waals surface area contributed by atoms with E-state index in [1.54, 1.807) is 28.9 Å². The van der Waals surface area contributed by atoms with Gasteiger partial charge in [0.2, 0.25) is 5.91 Å². The minimum absolute atomic E-state index is 0.0280. The Hall–Kier alpha value is -2.34. The lowest BCUT2D eigenvalue weighted by atomic mass is 10.0. The number of carboxylic acids is 1. The second kappa shape index (κ2) is 7.28. The summed E-state index contributed by atoms with van der Waals surface area (Å²) in [5.74, 6) is -1.33. The molecule has 2 N–H and O–H groups in total. The van der Waals surface area contributed by atoms with Gasteiger partial charge in [-0.05, 0) is 31.5 Å². The number of aliphatic carboxylic acids is 1. The van der Waals surface area contributed by atoms with Crippen molar-refractivity contribution in [1.29, 1.82) is 0 Å². The van der Waals surface area contributed by atoms with Crippen LogP contribution in [0.3, 0.4) is 0 Å². The first-order valence-corrected chi connectivity index (χ1v) is 7.51. The van der Waals surface area contributed by atoms with E-state index < -0.39 is 12.0 Å². The van der Waals surface area contributed by atoms with Crippen molar-refractivity contribution in [2.45, 2.75) is 32.9 Å². The number of hydrogen-bond acceptors (Lipinski definition) is 3. The molecule has 1 aromatic carbocycles. The first-order valence-electron chi connectivity index (χ1n) is 7.13. The number of benzene rings is 1. The van der Waals surface area contributed by atoms with Gasteiger partial charge in [0.25, 0.3) is 0 Å². The van der Waals surface area contributed by atoms with Crippen LogP contribution in [0.5, 0.6) is 0 Å². The second-order valence-electron chi connectivity index (χ2n) is 5.32. The van der Waals surface area contributed by atoms with Gasteiger partial charge in [-0.25, -0.2) is 0 Å². The Morgan fingerprint density at radius 3 is 2.61 bits per heavy atom. The average molecular weight is 336 g/mol. The van der Waals surface area contributed by atoms with Gasteiger partial charge < -0.3 is 10.4 Å². The molecule has 2 aromatic rings. The van der Waals surface area contributed by atoms with Crippen molar-refractivity contribution in [2.24, 2.45) is 0 Å². The van der Waals surface area contributed by atoms with E-state index in [2.05, 4.69) is 10.4 Å². The average Bonchev–Trinajstić information content (AvgIpc) is 2.76.